The Kier molecular flexibility index (Phi) is 4.51. The van der Waals surface area contributed by atoms with Crippen LogP contribution in [-0.4, -0.2) is 13.1 Å². The van der Waals surface area contributed by atoms with E-state index in [4.69, 9.17) is 4.74 Å². The van der Waals surface area contributed by atoms with Crippen LogP contribution in [0.5, 0.6) is 0 Å². The van der Waals surface area contributed by atoms with Crippen molar-refractivity contribution in [3.8, 4) is 0 Å². The van der Waals surface area contributed by atoms with Crippen LogP contribution in [0, 0.1) is 0 Å². The van der Waals surface area contributed by atoms with Crippen molar-refractivity contribution in [2.45, 2.75) is 44.4 Å². The van der Waals surface area contributed by atoms with E-state index in [2.05, 4.69) is 25.1 Å². The normalized spacial score (nSPS) is 19.4. The van der Waals surface area contributed by atoms with Gasteiger partial charge >= 0.3 is 5.97 Å². The van der Waals surface area contributed by atoms with Gasteiger partial charge in [0, 0.05) is 0 Å². The van der Waals surface area contributed by atoms with Crippen LogP contribution < -0.4 is 0 Å². The third-order valence-electron chi connectivity index (χ3n) is 4.98. The van der Waals surface area contributed by atoms with Crippen LogP contribution in [0.25, 0.3) is 0 Å². The molecule has 0 fully saturated rings. The second kappa shape index (κ2) is 6.57. The standard InChI is InChI=1S/C21H24O2/c1-3-4-8-16-11-12-17-14-21(20(22)23-2,15-18(17)13-16)19-9-6-5-7-10-19/h5-7,9-13H,3-4,8,14-15H2,1-2H3. The molecule has 0 saturated heterocycles. The Balaban J connectivity index is 1.96. The summed E-state index contributed by atoms with van der Waals surface area (Å²) >= 11 is 0. The quantitative estimate of drug-likeness (QED) is 0.772. The van der Waals surface area contributed by atoms with Gasteiger partial charge in [0.2, 0.25) is 0 Å². The smallest absolute Gasteiger partial charge is 0.316 e. The monoisotopic (exact) mass is 308 g/mol. The fraction of sp³-hybridized carbons (Fsp3) is 0.381. The second-order valence-electron chi connectivity index (χ2n) is 6.50. The molecule has 1 aliphatic carbocycles. The van der Waals surface area contributed by atoms with E-state index in [0.717, 1.165) is 24.8 Å². The van der Waals surface area contributed by atoms with Crippen molar-refractivity contribution in [3.05, 3.63) is 70.8 Å². The van der Waals surface area contributed by atoms with Gasteiger partial charge in [0.05, 0.1) is 7.11 Å². The molecule has 1 unspecified atom stereocenters. The Hall–Kier alpha value is -2.09. The van der Waals surface area contributed by atoms with Crippen molar-refractivity contribution in [3.63, 3.8) is 0 Å². The highest BCUT2D eigenvalue weighted by Crippen LogP contribution is 2.41. The first kappa shape index (κ1) is 15.8. The lowest BCUT2D eigenvalue weighted by atomic mass is 9.78. The molecule has 1 aliphatic rings. The maximum Gasteiger partial charge on any atom is 0.316 e. The van der Waals surface area contributed by atoms with Gasteiger partial charge in [0.25, 0.3) is 0 Å². The zero-order chi connectivity index (χ0) is 16.3. The molecule has 1 atom stereocenters. The summed E-state index contributed by atoms with van der Waals surface area (Å²) in [6.07, 6.45) is 4.99. The van der Waals surface area contributed by atoms with Crippen LogP contribution in [0.15, 0.2) is 48.5 Å². The topological polar surface area (TPSA) is 26.3 Å². The maximum absolute atomic E-state index is 12.6. The van der Waals surface area contributed by atoms with Crippen LogP contribution >= 0.6 is 0 Å². The highest BCUT2D eigenvalue weighted by Gasteiger charge is 2.46. The molecule has 120 valence electrons. The molecular formula is C21H24O2. The molecule has 0 aromatic heterocycles. The maximum atomic E-state index is 12.6. The fourth-order valence-corrected chi connectivity index (χ4v) is 3.68. The van der Waals surface area contributed by atoms with Crippen molar-refractivity contribution in [2.75, 3.05) is 7.11 Å². The minimum atomic E-state index is -0.568. The molecule has 0 heterocycles. The first-order chi connectivity index (χ1) is 11.2. The van der Waals surface area contributed by atoms with E-state index in [-0.39, 0.29) is 5.97 Å². The number of carbonyl (C=O) groups excluding carboxylic acids is 1. The first-order valence-electron chi connectivity index (χ1n) is 8.44. The van der Waals surface area contributed by atoms with Crippen molar-refractivity contribution in [1.82, 2.24) is 0 Å². The molecule has 2 heteroatoms. The number of benzene rings is 2. The van der Waals surface area contributed by atoms with Gasteiger partial charge in [-0.15, -0.1) is 0 Å². The van der Waals surface area contributed by atoms with Crippen LogP contribution in [0.1, 0.15) is 42.0 Å². The first-order valence-corrected chi connectivity index (χ1v) is 8.44. The van der Waals surface area contributed by atoms with E-state index in [0.29, 0.717) is 0 Å². The Morgan fingerprint density at radius 1 is 1.09 bits per heavy atom. The average molecular weight is 308 g/mol. The number of carbonyl (C=O) groups is 1. The van der Waals surface area contributed by atoms with E-state index >= 15 is 0 Å². The van der Waals surface area contributed by atoms with Gasteiger partial charge in [-0.2, -0.15) is 0 Å². The number of hydrogen-bond acceptors (Lipinski definition) is 2. The Morgan fingerprint density at radius 3 is 2.52 bits per heavy atom. The molecule has 2 aromatic rings. The Labute approximate surface area is 138 Å². The minimum Gasteiger partial charge on any atom is -0.468 e. The number of ether oxygens (including phenoxy) is 1. The zero-order valence-corrected chi connectivity index (χ0v) is 14.0. The van der Waals surface area contributed by atoms with Gasteiger partial charge in [-0.25, -0.2) is 0 Å². The summed E-state index contributed by atoms with van der Waals surface area (Å²) in [6.45, 7) is 2.21. The molecular weight excluding hydrogens is 284 g/mol. The van der Waals surface area contributed by atoms with E-state index in [1.165, 1.54) is 36.6 Å². The van der Waals surface area contributed by atoms with E-state index < -0.39 is 5.41 Å². The third-order valence-corrected chi connectivity index (χ3v) is 4.98. The summed E-state index contributed by atoms with van der Waals surface area (Å²) in [5.41, 5.74) is 4.44. The van der Waals surface area contributed by atoms with Crippen LogP contribution in [-0.2, 0) is 34.2 Å². The average Bonchev–Trinajstić information content (AvgIpc) is 3.00. The number of unbranched alkanes of at least 4 members (excludes halogenated alkanes) is 1. The largest absolute Gasteiger partial charge is 0.468 e. The van der Waals surface area contributed by atoms with Gasteiger partial charge < -0.3 is 4.74 Å². The summed E-state index contributed by atoms with van der Waals surface area (Å²) in [5.74, 6) is -0.130. The number of hydrogen-bond donors (Lipinski definition) is 0. The van der Waals surface area contributed by atoms with Gasteiger partial charge in [-0.1, -0.05) is 61.9 Å². The van der Waals surface area contributed by atoms with Gasteiger partial charge in [-0.3, -0.25) is 4.79 Å². The lowest BCUT2D eigenvalue weighted by Gasteiger charge is -2.26. The molecule has 0 bridgehead atoms. The Morgan fingerprint density at radius 2 is 1.83 bits per heavy atom. The molecule has 23 heavy (non-hydrogen) atoms. The summed E-state index contributed by atoms with van der Waals surface area (Å²) < 4.78 is 5.18. The molecule has 0 amide bonds. The van der Waals surface area contributed by atoms with Crippen LogP contribution in [0.4, 0.5) is 0 Å². The highest BCUT2D eigenvalue weighted by atomic mass is 16.5. The summed E-state index contributed by atoms with van der Waals surface area (Å²) in [4.78, 5) is 12.6. The van der Waals surface area contributed by atoms with Gasteiger partial charge in [0.1, 0.15) is 5.41 Å². The van der Waals surface area contributed by atoms with Crippen LogP contribution in [0.2, 0.25) is 0 Å². The molecule has 2 nitrogen and oxygen atoms in total. The van der Waals surface area contributed by atoms with Crippen molar-refractivity contribution >= 4 is 5.97 Å². The highest BCUT2D eigenvalue weighted by molar-refractivity contribution is 5.85. The summed E-state index contributed by atoms with van der Waals surface area (Å²) in [7, 11) is 1.49. The van der Waals surface area contributed by atoms with E-state index in [1.54, 1.807) is 0 Å². The van der Waals surface area contributed by atoms with Crippen LogP contribution in [0.3, 0.4) is 0 Å². The molecule has 3 rings (SSSR count). The number of fused-ring (bicyclic) bond motifs is 1. The number of esters is 1. The fourth-order valence-electron chi connectivity index (χ4n) is 3.68. The predicted molar refractivity (Wildman–Crippen MR) is 92.6 cm³/mol. The molecule has 0 N–H and O–H groups in total. The molecule has 0 aliphatic heterocycles. The minimum absolute atomic E-state index is 0.130. The lowest BCUT2D eigenvalue weighted by Crippen LogP contribution is -2.37. The van der Waals surface area contributed by atoms with E-state index in [9.17, 15) is 4.79 Å². The zero-order valence-electron chi connectivity index (χ0n) is 14.0. The predicted octanol–water partition coefficient (Wildman–Crippen LogP) is 4.24. The summed E-state index contributed by atoms with van der Waals surface area (Å²) in [6, 6.07) is 16.8. The molecule has 0 saturated carbocycles. The SMILES string of the molecule is CCCCc1ccc2c(c1)CC(C(=O)OC)(c1ccccc1)C2. The van der Waals surface area contributed by atoms with Gasteiger partial charge in [-0.05, 0) is 47.9 Å². The molecule has 2 aromatic carbocycles. The number of aryl methyl sites for hydroxylation is 1. The number of rotatable bonds is 5. The second-order valence-corrected chi connectivity index (χ2v) is 6.50. The molecule has 0 spiro atoms. The van der Waals surface area contributed by atoms with Crippen molar-refractivity contribution in [1.29, 1.82) is 0 Å². The number of methoxy groups -OCH3 is 1. The van der Waals surface area contributed by atoms with Crippen molar-refractivity contribution in [2.24, 2.45) is 0 Å². The van der Waals surface area contributed by atoms with Crippen molar-refractivity contribution < 1.29 is 9.53 Å². The lowest BCUT2D eigenvalue weighted by molar-refractivity contribution is -0.147. The van der Waals surface area contributed by atoms with Gasteiger partial charge in [0.15, 0.2) is 0 Å². The third kappa shape index (κ3) is 2.90. The molecule has 0 radical (unpaired) electrons. The van der Waals surface area contributed by atoms with E-state index in [1.807, 2.05) is 30.3 Å². The summed E-state index contributed by atoms with van der Waals surface area (Å²) in [5, 5.41) is 0. The Bertz CT molecular complexity index is 690.